The molecule has 0 aliphatic carbocycles. The molecule has 0 saturated heterocycles. The first-order chi connectivity index (χ1) is 11.5. The zero-order chi connectivity index (χ0) is 19.3. The summed E-state index contributed by atoms with van der Waals surface area (Å²) in [6, 6.07) is -1.17. The molecule has 0 aromatic carbocycles. The molecule has 142 valence electrons. The Labute approximate surface area is 144 Å². The molecule has 0 saturated carbocycles. The Hall–Kier alpha value is -2.17. The molecule has 0 radical (unpaired) electrons. The maximum atomic E-state index is 11.5. The van der Waals surface area contributed by atoms with E-state index in [1.54, 1.807) is 13.8 Å². The molecule has 0 bridgehead atoms. The number of carbonyl (C=O) groups excluding carboxylic acids is 2. The highest BCUT2D eigenvalue weighted by Gasteiger charge is 2.43. The van der Waals surface area contributed by atoms with Gasteiger partial charge in [-0.1, -0.05) is 13.8 Å². The van der Waals surface area contributed by atoms with Crippen molar-refractivity contribution in [3.63, 3.8) is 0 Å². The van der Waals surface area contributed by atoms with Crippen LogP contribution in [0.5, 0.6) is 0 Å². The molecular formula is C15H24N2O8. The maximum Gasteiger partial charge on any atom is 0.370 e. The van der Waals surface area contributed by atoms with Gasteiger partial charge in [-0.15, -0.1) is 0 Å². The number of ether oxygens (including phenoxy) is 1. The van der Waals surface area contributed by atoms with Crippen LogP contribution in [0.15, 0.2) is 11.8 Å². The van der Waals surface area contributed by atoms with Crippen LogP contribution in [0.3, 0.4) is 0 Å². The van der Waals surface area contributed by atoms with E-state index < -0.39 is 48.1 Å². The van der Waals surface area contributed by atoms with E-state index in [-0.39, 0.29) is 18.4 Å². The molecule has 10 nitrogen and oxygen atoms in total. The minimum Gasteiger partial charge on any atom is -0.478 e. The van der Waals surface area contributed by atoms with Gasteiger partial charge in [-0.05, 0) is 6.08 Å². The normalized spacial score (nSPS) is 25.4. The first-order valence-electron chi connectivity index (χ1n) is 7.75. The molecule has 0 fully saturated rings. The van der Waals surface area contributed by atoms with Crippen molar-refractivity contribution in [3.05, 3.63) is 11.8 Å². The number of hydrogen-bond acceptors (Lipinski definition) is 7. The fraction of sp³-hybridized carbons (Fsp3) is 0.667. The molecule has 10 heteroatoms. The Morgan fingerprint density at radius 3 is 2.36 bits per heavy atom. The average Bonchev–Trinajstić information content (AvgIpc) is 2.52. The lowest BCUT2D eigenvalue weighted by Crippen LogP contribution is -2.60. The summed E-state index contributed by atoms with van der Waals surface area (Å²) in [4.78, 5) is 33.9. The Balaban J connectivity index is 2.91. The Bertz CT molecular complexity index is 548. The number of carboxylic acids is 1. The molecule has 0 aromatic heterocycles. The molecule has 1 aliphatic rings. The summed E-state index contributed by atoms with van der Waals surface area (Å²) >= 11 is 0. The van der Waals surface area contributed by atoms with Crippen LogP contribution in [0.4, 0.5) is 0 Å². The lowest BCUT2D eigenvalue weighted by atomic mass is 9.93. The van der Waals surface area contributed by atoms with Gasteiger partial charge >= 0.3 is 5.97 Å². The number of carbonyl (C=O) groups is 3. The molecule has 1 aliphatic heterocycles. The van der Waals surface area contributed by atoms with Crippen molar-refractivity contribution in [1.29, 1.82) is 0 Å². The molecule has 1 rings (SSSR count). The van der Waals surface area contributed by atoms with Crippen LogP contribution in [0.1, 0.15) is 20.8 Å². The maximum absolute atomic E-state index is 11.5. The van der Waals surface area contributed by atoms with Crippen molar-refractivity contribution in [3.8, 4) is 0 Å². The fourth-order valence-corrected chi connectivity index (χ4v) is 2.27. The van der Waals surface area contributed by atoms with Gasteiger partial charge < -0.3 is 35.8 Å². The van der Waals surface area contributed by atoms with Gasteiger partial charge in [0.25, 0.3) is 0 Å². The van der Waals surface area contributed by atoms with Gasteiger partial charge in [0.05, 0.1) is 6.04 Å². The minimum absolute atomic E-state index is 0.312. The lowest BCUT2D eigenvalue weighted by Gasteiger charge is -2.38. The van der Waals surface area contributed by atoms with E-state index in [0.717, 1.165) is 6.08 Å². The second kappa shape index (κ2) is 8.79. The van der Waals surface area contributed by atoms with Gasteiger partial charge in [0.2, 0.25) is 17.6 Å². The highest BCUT2D eigenvalue weighted by Crippen LogP contribution is 2.22. The predicted molar refractivity (Wildman–Crippen MR) is 84.1 cm³/mol. The van der Waals surface area contributed by atoms with Crippen LogP contribution >= 0.6 is 0 Å². The van der Waals surface area contributed by atoms with Crippen LogP contribution in [-0.4, -0.2) is 75.2 Å². The van der Waals surface area contributed by atoms with Gasteiger partial charge in [0, 0.05) is 19.4 Å². The third kappa shape index (κ3) is 5.69. The molecule has 5 atom stereocenters. The Kier molecular flexibility index (Phi) is 7.34. The number of aliphatic hydroxyl groups excluding tert-OH is 3. The van der Waals surface area contributed by atoms with Crippen molar-refractivity contribution in [2.75, 3.05) is 6.54 Å². The van der Waals surface area contributed by atoms with E-state index >= 15 is 0 Å². The van der Waals surface area contributed by atoms with Crippen molar-refractivity contribution in [2.24, 2.45) is 5.92 Å². The van der Waals surface area contributed by atoms with E-state index in [9.17, 15) is 29.7 Å². The summed E-state index contributed by atoms with van der Waals surface area (Å²) in [5, 5.41) is 44.1. The number of amides is 2. The Morgan fingerprint density at radius 1 is 1.28 bits per heavy atom. The fourth-order valence-electron chi connectivity index (χ4n) is 2.27. The third-order valence-corrected chi connectivity index (χ3v) is 3.63. The molecular weight excluding hydrogens is 336 g/mol. The van der Waals surface area contributed by atoms with Crippen LogP contribution in [0.2, 0.25) is 0 Å². The highest BCUT2D eigenvalue weighted by atomic mass is 16.5. The summed E-state index contributed by atoms with van der Waals surface area (Å²) in [7, 11) is 0. The van der Waals surface area contributed by atoms with Crippen molar-refractivity contribution < 1.29 is 39.5 Å². The standard InChI is InChI=1S/C15H24N2O8/c1-6(2)14(22)16-5-9(20)12(21)13-11(17-7(3)18)8(19)4-10(25-13)15(23)24/h4,6,8-9,11-13,19-21H,5H2,1-3H3,(H,16,22)(H,17,18)(H,23,24)/t8-,9?,11?,12?,13?/m1/s1. The Morgan fingerprint density at radius 2 is 1.88 bits per heavy atom. The topological polar surface area (TPSA) is 165 Å². The number of aliphatic hydroxyl groups is 3. The first kappa shape index (κ1) is 20.9. The summed E-state index contributed by atoms with van der Waals surface area (Å²) < 4.78 is 5.13. The van der Waals surface area contributed by atoms with Crippen LogP contribution in [-0.2, 0) is 19.1 Å². The zero-order valence-corrected chi connectivity index (χ0v) is 14.2. The van der Waals surface area contributed by atoms with E-state index in [2.05, 4.69) is 10.6 Å². The van der Waals surface area contributed by atoms with E-state index in [1.807, 2.05) is 0 Å². The van der Waals surface area contributed by atoms with Gasteiger partial charge in [0.15, 0.2) is 6.10 Å². The number of nitrogens with one attached hydrogen (secondary N) is 2. The van der Waals surface area contributed by atoms with Crippen molar-refractivity contribution >= 4 is 17.8 Å². The summed E-state index contributed by atoms with van der Waals surface area (Å²) in [6.07, 6.45) is -5.17. The lowest BCUT2D eigenvalue weighted by molar-refractivity contribution is -0.147. The molecule has 6 N–H and O–H groups in total. The zero-order valence-electron chi connectivity index (χ0n) is 14.2. The predicted octanol–water partition coefficient (Wildman–Crippen LogP) is -2.29. The number of hydrogen-bond donors (Lipinski definition) is 6. The average molecular weight is 360 g/mol. The SMILES string of the molecule is CC(=O)NC1C(C(O)C(O)CNC(=O)C(C)C)OC(C(=O)O)=C[C@H]1O. The van der Waals surface area contributed by atoms with Crippen molar-refractivity contribution in [2.45, 2.75) is 51.2 Å². The number of aliphatic carboxylic acids is 1. The quantitative estimate of drug-likeness (QED) is 0.295. The summed E-state index contributed by atoms with van der Waals surface area (Å²) in [5.74, 6) is -3.30. The summed E-state index contributed by atoms with van der Waals surface area (Å²) in [5.41, 5.74) is 0. The second-order valence-corrected chi connectivity index (χ2v) is 6.09. The van der Waals surface area contributed by atoms with Gasteiger partial charge in [-0.2, -0.15) is 0 Å². The molecule has 4 unspecified atom stereocenters. The highest BCUT2D eigenvalue weighted by molar-refractivity contribution is 5.84. The smallest absolute Gasteiger partial charge is 0.370 e. The molecule has 0 spiro atoms. The van der Waals surface area contributed by atoms with E-state index in [0.29, 0.717) is 0 Å². The second-order valence-electron chi connectivity index (χ2n) is 6.09. The molecule has 1 heterocycles. The third-order valence-electron chi connectivity index (χ3n) is 3.63. The minimum atomic E-state index is -1.68. The van der Waals surface area contributed by atoms with Crippen LogP contribution < -0.4 is 10.6 Å². The van der Waals surface area contributed by atoms with Gasteiger partial charge in [-0.3, -0.25) is 9.59 Å². The molecule has 0 aromatic rings. The summed E-state index contributed by atoms with van der Waals surface area (Å²) in [6.45, 7) is 4.16. The monoisotopic (exact) mass is 360 g/mol. The largest absolute Gasteiger partial charge is 0.478 e. The first-order valence-corrected chi connectivity index (χ1v) is 7.75. The van der Waals surface area contributed by atoms with E-state index in [1.165, 1.54) is 6.92 Å². The molecule has 25 heavy (non-hydrogen) atoms. The van der Waals surface area contributed by atoms with Crippen molar-refractivity contribution in [1.82, 2.24) is 10.6 Å². The van der Waals surface area contributed by atoms with Gasteiger partial charge in [-0.25, -0.2) is 4.79 Å². The van der Waals surface area contributed by atoms with Gasteiger partial charge in [0.1, 0.15) is 18.3 Å². The number of carboxylic acid groups (broad SMARTS) is 1. The molecule has 2 amide bonds. The van der Waals surface area contributed by atoms with E-state index in [4.69, 9.17) is 9.84 Å². The van der Waals surface area contributed by atoms with Crippen LogP contribution in [0.25, 0.3) is 0 Å². The number of rotatable bonds is 7. The van der Waals surface area contributed by atoms with Crippen LogP contribution in [0, 0.1) is 5.92 Å².